The minimum absolute atomic E-state index is 0.129. The quantitative estimate of drug-likeness (QED) is 0.471. The second kappa shape index (κ2) is 8.16. The Morgan fingerprint density at radius 2 is 1.85 bits per heavy atom. The third-order valence-electron chi connectivity index (χ3n) is 3.67. The zero-order valence-electron chi connectivity index (χ0n) is 14.1. The Balaban J connectivity index is 1.61. The first kappa shape index (κ1) is 18.2. The van der Waals surface area contributed by atoms with Crippen LogP contribution in [0.15, 0.2) is 59.5 Å². The third-order valence-corrected chi connectivity index (χ3v) is 5.05. The molecule has 0 saturated carbocycles. The van der Waals surface area contributed by atoms with Crippen molar-refractivity contribution in [1.29, 1.82) is 0 Å². The number of anilines is 1. The zero-order chi connectivity index (χ0) is 18.5. The molecule has 0 spiro atoms. The van der Waals surface area contributed by atoms with Gasteiger partial charge in [0.1, 0.15) is 10.9 Å². The van der Waals surface area contributed by atoms with E-state index in [1.807, 2.05) is 61.5 Å². The maximum Gasteiger partial charge on any atom is 0.266 e. The number of amides is 2. The van der Waals surface area contributed by atoms with Gasteiger partial charge in [0.2, 0.25) is 0 Å². The van der Waals surface area contributed by atoms with Crippen molar-refractivity contribution >= 4 is 51.9 Å². The molecule has 3 rings (SSSR count). The number of carbonyl (C=O) groups excluding carboxylic acids is 2. The number of nitrogens with zero attached hydrogens (tertiary/aromatic N) is 1. The normalized spacial score (nSPS) is 15.4. The zero-order valence-corrected chi connectivity index (χ0v) is 15.7. The van der Waals surface area contributed by atoms with Gasteiger partial charge in [-0.05, 0) is 30.7 Å². The molecule has 0 radical (unpaired) electrons. The van der Waals surface area contributed by atoms with E-state index in [2.05, 4.69) is 10.9 Å². The number of hydrogen-bond donors (Lipinski definition) is 2. The predicted octanol–water partition coefficient (Wildman–Crippen LogP) is 3.34. The Kier molecular flexibility index (Phi) is 5.70. The van der Waals surface area contributed by atoms with Crippen LogP contribution in [0, 0.1) is 6.92 Å². The highest BCUT2D eigenvalue weighted by atomic mass is 32.2. The molecule has 0 unspecified atom stereocenters. The molecule has 1 aliphatic heterocycles. The number of thiocarbonyl (C=S) groups is 1. The molecule has 1 aliphatic rings. The van der Waals surface area contributed by atoms with Gasteiger partial charge in [0.25, 0.3) is 11.8 Å². The molecule has 0 bridgehead atoms. The smallest absolute Gasteiger partial charge is 0.266 e. The van der Waals surface area contributed by atoms with E-state index in [-0.39, 0.29) is 18.4 Å². The van der Waals surface area contributed by atoms with E-state index in [1.165, 1.54) is 16.7 Å². The summed E-state index contributed by atoms with van der Waals surface area (Å²) in [6.45, 7) is 1.88. The van der Waals surface area contributed by atoms with Crippen LogP contribution in [-0.2, 0) is 9.59 Å². The van der Waals surface area contributed by atoms with Crippen molar-refractivity contribution < 1.29 is 9.59 Å². The van der Waals surface area contributed by atoms with Gasteiger partial charge in [-0.3, -0.25) is 25.3 Å². The summed E-state index contributed by atoms with van der Waals surface area (Å²) in [7, 11) is 0. The Labute approximate surface area is 161 Å². The molecule has 132 valence electrons. The van der Waals surface area contributed by atoms with Crippen molar-refractivity contribution in [2.75, 3.05) is 12.0 Å². The van der Waals surface area contributed by atoms with Crippen molar-refractivity contribution in [1.82, 2.24) is 10.3 Å². The Morgan fingerprint density at radius 3 is 2.54 bits per heavy atom. The Bertz CT molecular complexity index is 864. The molecule has 0 aliphatic carbocycles. The summed E-state index contributed by atoms with van der Waals surface area (Å²) in [4.78, 5) is 26.5. The first-order valence-corrected chi connectivity index (χ1v) is 9.17. The molecular weight excluding hydrogens is 366 g/mol. The lowest BCUT2D eigenvalue weighted by Gasteiger charge is -2.15. The molecule has 2 aromatic carbocycles. The number of hydrogen-bond acceptors (Lipinski definition) is 5. The minimum Gasteiger partial charge on any atom is -0.299 e. The van der Waals surface area contributed by atoms with Gasteiger partial charge < -0.3 is 0 Å². The van der Waals surface area contributed by atoms with E-state index >= 15 is 0 Å². The monoisotopic (exact) mass is 383 g/mol. The topological polar surface area (TPSA) is 61.4 Å². The fraction of sp³-hybridized carbons (Fsp3) is 0.105. The van der Waals surface area contributed by atoms with Crippen LogP contribution in [0.25, 0.3) is 6.08 Å². The van der Waals surface area contributed by atoms with Crippen LogP contribution in [0.5, 0.6) is 0 Å². The van der Waals surface area contributed by atoms with Gasteiger partial charge in [-0.1, -0.05) is 72.0 Å². The molecule has 2 amide bonds. The third kappa shape index (κ3) is 4.50. The van der Waals surface area contributed by atoms with Crippen molar-refractivity contribution in [3.63, 3.8) is 0 Å². The number of aryl methyl sites for hydroxylation is 1. The molecule has 2 aromatic rings. The van der Waals surface area contributed by atoms with E-state index in [9.17, 15) is 9.59 Å². The second-order valence-electron chi connectivity index (χ2n) is 5.72. The second-order valence-corrected chi connectivity index (χ2v) is 7.39. The Morgan fingerprint density at radius 1 is 1.15 bits per heavy atom. The number of para-hydroxylation sites is 1. The highest BCUT2D eigenvalue weighted by Crippen LogP contribution is 2.32. The number of nitrogens with one attached hydrogen (secondary N) is 2. The largest absolute Gasteiger partial charge is 0.299 e. The SMILES string of the molecule is Cc1ccc(/C=C2\SC(=S)N(CC(=O)NNc3ccccc3)C2=O)cc1. The summed E-state index contributed by atoms with van der Waals surface area (Å²) in [5.41, 5.74) is 8.20. The van der Waals surface area contributed by atoms with Crippen molar-refractivity contribution in [2.24, 2.45) is 0 Å². The van der Waals surface area contributed by atoms with Crippen LogP contribution in [0.3, 0.4) is 0 Å². The molecule has 2 N–H and O–H groups in total. The van der Waals surface area contributed by atoms with Gasteiger partial charge >= 0.3 is 0 Å². The van der Waals surface area contributed by atoms with Crippen LogP contribution in [0.2, 0.25) is 0 Å². The van der Waals surface area contributed by atoms with Crippen LogP contribution in [-0.4, -0.2) is 27.6 Å². The first-order chi connectivity index (χ1) is 12.5. The summed E-state index contributed by atoms with van der Waals surface area (Å²) in [5, 5.41) is 0. The molecule has 1 fully saturated rings. The maximum absolute atomic E-state index is 12.5. The van der Waals surface area contributed by atoms with Crippen molar-refractivity contribution in [3.05, 3.63) is 70.6 Å². The number of benzene rings is 2. The highest BCUT2D eigenvalue weighted by Gasteiger charge is 2.33. The van der Waals surface area contributed by atoms with E-state index in [1.54, 1.807) is 6.08 Å². The highest BCUT2D eigenvalue weighted by molar-refractivity contribution is 8.26. The Hall–Kier alpha value is -2.64. The van der Waals surface area contributed by atoms with E-state index in [0.717, 1.165) is 16.8 Å². The van der Waals surface area contributed by atoms with Crippen LogP contribution in [0.4, 0.5) is 5.69 Å². The molecule has 7 heteroatoms. The van der Waals surface area contributed by atoms with Gasteiger partial charge in [0, 0.05) is 0 Å². The molecule has 0 aromatic heterocycles. The van der Waals surface area contributed by atoms with E-state index in [0.29, 0.717) is 9.23 Å². The minimum atomic E-state index is -0.346. The summed E-state index contributed by atoms with van der Waals surface area (Å²) in [6.07, 6.45) is 1.79. The van der Waals surface area contributed by atoms with Crippen LogP contribution < -0.4 is 10.9 Å². The number of rotatable bonds is 5. The van der Waals surface area contributed by atoms with Crippen LogP contribution >= 0.6 is 24.0 Å². The lowest BCUT2D eigenvalue weighted by Crippen LogP contribution is -2.41. The van der Waals surface area contributed by atoms with Gasteiger partial charge in [0.15, 0.2) is 0 Å². The summed E-state index contributed by atoms with van der Waals surface area (Å²) in [5.74, 6) is -0.600. The number of thioether (sulfide) groups is 1. The summed E-state index contributed by atoms with van der Waals surface area (Å²) in [6, 6.07) is 17.1. The maximum atomic E-state index is 12.5. The lowest BCUT2D eigenvalue weighted by molar-refractivity contribution is -0.128. The summed E-state index contributed by atoms with van der Waals surface area (Å²) < 4.78 is 0.378. The molecule has 26 heavy (non-hydrogen) atoms. The van der Waals surface area contributed by atoms with Gasteiger partial charge in [-0.2, -0.15) is 0 Å². The standard InChI is InChI=1S/C19H17N3O2S2/c1-13-7-9-14(10-8-13)11-16-18(24)22(19(25)26-16)12-17(23)21-20-15-5-3-2-4-6-15/h2-11,20H,12H2,1H3,(H,21,23)/b16-11-. The average Bonchev–Trinajstić information content (AvgIpc) is 2.90. The van der Waals surface area contributed by atoms with Gasteiger partial charge in [0.05, 0.1) is 10.6 Å². The number of hydrazine groups is 1. The van der Waals surface area contributed by atoms with Crippen molar-refractivity contribution in [3.8, 4) is 0 Å². The first-order valence-electron chi connectivity index (χ1n) is 7.95. The fourth-order valence-corrected chi connectivity index (χ4v) is 3.55. The van der Waals surface area contributed by atoms with Gasteiger partial charge in [-0.25, -0.2) is 0 Å². The number of carbonyl (C=O) groups is 2. The molecule has 1 saturated heterocycles. The molecule has 5 nitrogen and oxygen atoms in total. The predicted molar refractivity (Wildman–Crippen MR) is 109 cm³/mol. The summed E-state index contributed by atoms with van der Waals surface area (Å²) >= 11 is 6.46. The molecular formula is C19H17N3O2S2. The molecule has 0 atom stereocenters. The average molecular weight is 383 g/mol. The van der Waals surface area contributed by atoms with E-state index < -0.39 is 0 Å². The lowest BCUT2D eigenvalue weighted by atomic mass is 10.1. The fourth-order valence-electron chi connectivity index (χ4n) is 2.30. The van der Waals surface area contributed by atoms with E-state index in [4.69, 9.17) is 12.2 Å². The van der Waals surface area contributed by atoms with Crippen molar-refractivity contribution in [2.45, 2.75) is 6.92 Å². The van der Waals surface area contributed by atoms with Crippen LogP contribution in [0.1, 0.15) is 11.1 Å². The molecule has 1 heterocycles. The van der Waals surface area contributed by atoms with Gasteiger partial charge in [-0.15, -0.1) is 0 Å².